The van der Waals surface area contributed by atoms with Gasteiger partial charge in [0.1, 0.15) is 5.76 Å². The molecule has 1 amide bonds. The van der Waals surface area contributed by atoms with Gasteiger partial charge >= 0.3 is 5.97 Å². The number of amides is 1. The maximum atomic E-state index is 12.0. The van der Waals surface area contributed by atoms with Gasteiger partial charge in [0, 0.05) is 18.2 Å². The molecule has 1 N–H and O–H groups in total. The number of non-ortho nitro benzene ring substituents is 1. The van der Waals surface area contributed by atoms with E-state index in [9.17, 15) is 19.7 Å². The first-order chi connectivity index (χ1) is 11.9. The van der Waals surface area contributed by atoms with Crippen molar-refractivity contribution >= 4 is 40.9 Å². The van der Waals surface area contributed by atoms with Crippen molar-refractivity contribution in [3.63, 3.8) is 0 Å². The van der Waals surface area contributed by atoms with Gasteiger partial charge in [-0.15, -0.1) is 0 Å². The summed E-state index contributed by atoms with van der Waals surface area (Å²) in [5, 5.41) is 13.1. The average Bonchev–Trinajstić information content (AvgIpc) is 3.08. The molecule has 1 atom stereocenters. The third-order valence-corrected chi connectivity index (χ3v) is 3.32. The summed E-state index contributed by atoms with van der Waals surface area (Å²) in [6.07, 6.45) is 2.89. The van der Waals surface area contributed by atoms with Crippen LogP contribution >= 0.6 is 11.6 Å². The lowest BCUT2D eigenvalue weighted by atomic mass is 10.2. The second kappa shape index (κ2) is 8.11. The predicted octanol–water partition coefficient (Wildman–Crippen LogP) is 3.42. The van der Waals surface area contributed by atoms with Crippen LogP contribution in [0.3, 0.4) is 0 Å². The number of ether oxygens (including phenoxy) is 1. The van der Waals surface area contributed by atoms with Crippen LogP contribution in [0.15, 0.2) is 47.1 Å². The molecular formula is C16H13ClN2O6. The number of hydrogen-bond donors (Lipinski definition) is 1. The maximum Gasteiger partial charge on any atom is 0.331 e. The molecule has 1 aromatic carbocycles. The van der Waals surface area contributed by atoms with Gasteiger partial charge in [0.05, 0.1) is 21.9 Å². The van der Waals surface area contributed by atoms with E-state index < -0.39 is 22.9 Å². The van der Waals surface area contributed by atoms with Crippen LogP contribution < -0.4 is 5.32 Å². The fraction of sp³-hybridized carbons (Fsp3) is 0.125. The normalized spacial score (nSPS) is 11.9. The van der Waals surface area contributed by atoms with Crippen molar-refractivity contribution in [3.05, 3.63) is 63.6 Å². The number of nitro benzene ring substituents is 1. The molecule has 0 aliphatic carbocycles. The SMILES string of the molecule is CC(OC(=O)C=Cc1ccco1)C(=O)Nc1ccc([N+](=O)[O-])cc1Cl. The van der Waals surface area contributed by atoms with Gasteiger partial charge in [-0.3, -0.25) is 14.9 Å². The van der Waals surface area contributed by atoms with Crippen LogP contribution in [-0.2, 0) is 14.3 Å². The molecule has 0 radical (unpaired) electrons. The monoisotopic (exact) mass is 364 g/mol. The number of nitrogens with one attached hydrogen (secondary N) is 1. The average molecular weight is 365 g/mol. The van der Waals surface area contributed by atoms with Crippen LogP contribution in [0.1, 0.15) is 12.7 Å². The number of nitrogens with zero attached hydrogens (tertiary/aromatic N) is 1. The molecule has 1 heterocycles. The first kappa shape index (κ1) is 18.2. The third-order valence-electron chi connectivity index (χ3n) is 3.01. The number of benzene rings is 1. The molecule has 0 bridgehead atoms. The Morgan fingerprint density at radius 1 is 1.40 bits per heavy atom. The molecule has 1 unspecified atom stereocenters. The van der Waals surface area contributed by atoms with E-state index in [1.54, 1.807) is 12.1 Å². The standard InChI is InChI=1S/C16H13ClN2O6/c1-10(25-15(20)7-5-12-3-2-8-24-12)16(21)18-14-6-4-11(19(22)23)9-13(14)17/h2-10H,1H3,(H,18,21). The summed E-state index contributed by atoms with van der Waals surface area (Å²) in [6, 6.07) is 6.92. The Bertz CT molecular complexity index is 816. The van der Waals surface area contributed by atoms with Gasteiger partial charge in [0.15, 0.2) is 6.10 Å². The molecule has 8 nitrogen and oxygen atoms in total. The van der Waals surface area contributed by atoms with Crippen LogP contribution in [0.25, 0.3) is 6.08 Å². The van der Waals surface area contributed by atoms with Gasteiger partial charge < -0.3 is 14.5 Å². The topological polar surface area (TPSA) is 112 Å². The van der Waals surface area contributed by atoms with E-state index in [0.717, 1.165) is 12.1 Å². The van der Waals surface area contributed by atoms with Crippen LogP contribution in [-0.4, -0.2) is 22.9 Å². The van der Waals surface area contributed by atoms with Crippen molar-refractivity contribution in [3.8, 4) is 0 Å². The first-order valence-corrected chi connectivity index (χ1v) is 7.41. The van der Waals surface area contributed by atoms with E-state index in [1.807, 2.05) is 0 Å². The maximum absolute atomic E-state index is 12.0. The van der Waals surface area contributed by atoms with E-state index in [1.165, 1.54) is 31.4 Å². The predicted molar refractivity (Wildman–Crippen MR) is 90.0 cm³/mol. The second-order valence-electron chi connectivity index (χ2n) is 4.84. The Morgan fingerprint density at radius 2 is 2.16 bits per heavy atom. The Hall–Kier alpha value is -3.13. The third kappa shape index (κ3) is 5.18. The molecule has 130 valence electrons. The summed E-state index contributed by atoms with van der Waals surface area (Å²) >= 11 is 5.89. The Kier molecular flexibility index (Phi) is 5.91. The minimum atomic E-state index is -1.10. The summed E-state index contributed by atoms with van der Waals surface area (Å²) in [7, 11) is 0. The molecule has 1 aromatic heterocycles. The smallest absolute Gasteiger partial charge is 0.331 e. The molecule has 0 aliphatic heterocycles. The Balaban J connectivity index is 1.93. The van der Waals surface area contributed by atoms with Crippen LogP contribution in [0.5, 0.6) is 0 Å². The van der Waals surface area contributed by atoms with Crippen molar-refractivity contribution in [1.82, 2.24) is 0 Å². The molecule has 25 heavy (non-hydrogen) atoms. The lowest BCUT2D eigenvalue weighted by Crippen LogP contribution is -2.29. The van der Waals surface area contributed by atoms with Crippen LogP contribution in [0.4, 0.5) is 11.4 Å². The van der Waals surface area contributed by atoms with Gasteiger partial charge in [-0.1, -0.05) is 11.6 Å². The molecular weight excluding hydrogens is 352 g/mol. The summed E-state index contributed by atoms with van der Waals surface area (Å²) in [5.41, 5.74) is -0.0307. The zero-order valence-electron chi connectivity index (χ0n) is 13.0. The first-order valence-electron chi connectivity index (χ1n) is 7.04. The molecule has 2 rings (SSSR count). The van der Waals surface area contributed by atoms with E-state index in [2.05, 4.69) is 5.32 Å². The van der Waals surface area contributed by atoms with Gasteiger partial charge in [-0.2, -0.15) is 0 Å². The lowest BCUT2D eigenvalue weighted by Gasteiger charge is -2.13. The van der Waals surface area contributed by atoms with Gasteiger partial charge in [0.25, 0.3) is 11.6 Å². The largest absolute Gasteiger partial charge is 0.465 e. The van der Waals surface area contributed by atoms with Gasteiger partial charge in [-0.05, 0) is 31.2 Å². The van der Waals surface area contributed by atoms with Crippen LogP contribution in [0.2, 0.25) is 5.02 Å². The summed E-state index contributed by atoms with van der Waals surface area (Å²) in [5.74, 6) is -0.893. The van der Waals surface area contributed by atoms with Crippen LogP contribution in [0, 0.1) is 10.1 Å². The summed E-state index contributed by atoms with van der Waals surface area (Å²) in [4.78, 5) is 33.7. The number of rotatable bonds is 6. The number of carbonyl (C=O) groups is 2. The van der Waals surface area contributed by atoms with Crippen molar-refractivity contribution in [1.29, 1.82) is 0 Å². The van der Waals surface area contributed by atoms with Crippen molar-refractivity contribution in [2.75, 3.05) is 5.32 Å². The fourth-order valence-electron chi connectivity index (χ4n) is 1.76. The number of furan rings is 1. The number of anilines is 1. The van der Waals surface area contributed by atoms with E-state index in [4.69, 9.17) is 20.8 Å². The minimum absolute atomic E-state index is 0.00112. The number of halogens is 1. The van der Waals surface area contributed by atoms with Gasteiger partial charge in [0.2, 0.25) is 0 Å². The van der Waals surface area contributed by atoms with E-state index in [0.29, 0.717) is 5.76 Å². The van der Waals surface area contributed by atoms with Crippen molar-refractivity contribution in [2.45, 2.75) is 13.0 Å². The van der Waals surface area contributed by atoms with Crippen molar-refractivity contribution < 1.29 is 23.7 Å². The summed E-state index contributed by atoms with van der Waals surface area (Å²) in [6.45, 7) is 1.38. The Morgan fingerprint density at radius 3 is 2.76 bits per heavy atom. The highest BCUT2D eigenvalue weighted by atomic mass is 35.5. The Labute approximate surface area is 147 Å². The zero-order valence-corrected chi connectivity index (χ0v) is 13.7. The highest BCUT2D eigenvalue weighted by Gasteiger charge is 2.18. The number of nitro groups is 1. The number of esters is 1. The molecule has 0 saturated carbocycles. The molecule has 0 aliphatic rings. The molecule has 0 fully saturated rings. The highest BCUT2D eigenvalue weighted by Crippen LogP contribution is 2.26. The molecule has 0 saturated heterocycles. The minimum Gasteiger partial charge on any atom is -0.465 e. The van der Waals surface area contributed by atoms with Gasteiger partial charge in [-0.25, -0.2) is 4.79 Å². The van der Waals surface area contributed by atoms with Crippen molar-refractivity contribution in [2.24, 2.45) is 0 Å². The quantitative estimate of drug-likeness (QED) is 0.364. The fourth-order valence-corrected chi connectivity index (χ4v) is 1.98. The molecule has 9 heteroatoms. The summed E-state index contributed by atoms with van der Waals surface area (Å²) < 4.78 is 9.97. The molecule has 0 spiro atoms. The molecule has 2 aromatic rings. The van der Waals surface area contributed by atoms with E-state index in [-0.39, 0.29) is 16.4 Å². The number of carbonyl (C=O) groups excluding carboxylic acids is 2. The zero-order chi connectivity index (χ0) is 18.4. The second-order valence-corrected chi connectivity index (χ2v) is 5.25. The highest BCUT2D eigenvalue weighted by molar-refractivity contribution is 6.34. The lowest BCUT2D eigenvalue weighted by molar-refractivity contribution is -0.384. The van der Waals surface area contributed by atoms with E-state index >= 15 is 0 Å². The number of hydrogen-bond acceptors (Lipinski definition) is 6.